The van der Waals surface area contributed by atoms with Gasteiger partial charge < -0.3 is 10.1 Å². The molecule has 144 valence electrons. The number of aromatic nitrogens is 2. The Hall–Kier alpha value is -2.94. The number of nitrogens with one attached hydrogen (secondary N) is 1. The Morgan fingerprint density at radius 2 is 2.04 bits per heavy atom. The number of hydrogen-bond donors (Lipinski definition) is 1. The van der Waals surface area contributed by atoms with Gasteiger partial charge in [-0.3, -0.25) is 24.4 Å². The van der Waals surface area contributed by atoms with E-state index >= 15 is 0 Å². The number of carbonyl (C=O) groups is 2. The molecule has 1 N–H and O–H groups in total. The van der Waals surface area contributed by atoms with Crippen molar-refractivity contribution in [3.05, 3.63) is 50.3 Å². The fourth-order valence-corrected chi connectivity index (χ4v) is 2.67. The van der Waals surface area contributed by atoms with E-state index in [-0.39, 0.29) is 23.6 Å². The first-order chi connectivity index (χ1) is 12.6. The van der Waals surface area contributed by atoms with Crippen LogP contribution in [0.15, 0.2) is 18.2 Å². The molecule has 10 heteroatoms. The molecule has 0 saturated heterocycles. The number of benzene rings is 1. The fourth-order valence-electron chi connectivity index (χ4n) is 2.49. The number of aryl methyl sites for hydroxylation is 1. The van der Waals surface area contributed by atoms with Crippen molar-refractivity contribution in [2.45, 2.75) is 40.3 Å². The smallest absolute Gasteiger partial charge is 0.328 e. The Morgan fingerprint density at radius 3 is 2.63 bits per heavy atom. The van der Waals surface area contributed by atoms with Crippen LogP contribution in [0, 0.1) is 30.9 Å². The van der Waals surface area contributed by atoms with Gasteiger partial charge in [0, 0.05) is 10.7 Å². The van der Waals surface area contributed by atoms with Crippen LogP contribution in [0.25, 0.3) is 0 Å². The molecule has 1 amide bonds. The zero-order valence-electron chi connectivity index (χ0n) is 15.3. The lowest BCUT2D eigenvalue weighted by Gasteiger charge is -2.15. The first-order valence-corrected chi connectivity index (χ1v) is 8.43. The number of anilines is 1. The molecule has 2 aromatic rings. The van der Waals surface area contributed by atoms with Crippen molar-refractivity contribution in [3.8, 4) is 0 Å². The van der Waals surface area contributed by atoms with Crippen molar-refractivity contribution in [2.24, 2.45) is 0 Å². The van der Waals surface area contributed by atoms with E-state index in [1.165, 1.54) is 25.5 Å². The Morgan fingerprint density at radius 1 is 1.37 bits per heavy atom. The van der Waals surface area contributed by atoms with E-state index in [1.807, 2.05) is 0 Å². The molecule has 0 radical (unpaired) electrons. The molecule has 1 heterocycles. The topological polar surface area (TPSA) is 116 Å². The minimum absolute atomic E-state index is 0.148. The number of carbonyl (C=O) groups excluding carboxylic acids is 2. The average molecular weight is 395 g/mol. The zero-order valence-corrected chi connectivity index (χ0v) is 16.0. The normalized spacial score (nSPS) is 11.7. The summed E-state index contributed by atoms with van der Waals surface area (Å²) < 4.78 is 6.29. The Labute approximate surface area is 160 Å². The quantitative estimate of drug-likeness (QED) is 0.457. The SMILES string of the molecule is Cc1nn(CC(=O)O[C@H](C)C(=O)Nc2cccc(Cl)c2C)c(C)c1[N+](=O)[O-]. The fraction of sp³-hybridized carbons (Fsp3) is 0.353. The zero-order chi connectivity index (χ0) is 20.3. The summed E-state index contributed by atoms with van der Waals surface area (Å²) in [6.07, 6.45) is -1.07. The van der Waals surface area contributed by atoms with E-state index in [1.54, 1.807) is 25.1 Å². The van der Waals surface area contributed by atoms with E-state index in [2.05, 4.69) is 10.4 Å². The van der Waals surface area contributed by atoms with Crippen LogP contribution < -0.4 is 5.32 Å². The second-order valence-corrected chi connectivity index (χ2v) is 6.38. The summed E-state index contributed by atoms with van der Waals surface area (Å²) >= 11 is 6.01. The second-order valence-electron chi connectivity index (χ2n) is 5.97. The van der Waals surface area contributed by atoms with E-state index < -0.39 is 22.9 Å². The molecule has 0 aliphatic rings. The molecule has 0 bridgehead atoms. The second kappa shape index (κ2) is 8.17. The predicted octanol–water partition coefficient (Wildman–Crippen LogP) is 2.94. The van der Waals surface area contributed by atoms with Crippen molar-refractivity contribution < 1.29 is 19.2 Å². The molecule has 0 saturated carbocycles. The standard InChI is InChI=1S/C17H19ClN4O5/c1-9-13(18)6-5-7-14(9)19-17(24)12(4)27-15(23)8-21-11(3)16(22(25)26)10(2)20-21/h5-7,12H,8H2,1-4H3,(H,19,24)/t12-/m1/s1. The van der Waals surface area contributed by atoms with E-state index in [0.717, 1.165) is 0 Å². The number of ether oxygens (including phenoxy) is 1. The number of hydrogen-bond acceptors (Lipinski definition) is 6. The molecule has 1 aromatic carbocycles. The number of esters is 1. The predicted molar refractivity (Wildman–Crippen MR) is 98.7 cm³/mol. The highest BCUT2D eigenvalue weighted by Gasteiger charge is 2.24. The third kappa shape index (κ3) is 4.62. The van der Waals surface area contributed by atoms with Gasteiger partial charge in [-0.1, -0.05) is 17.7 Å². The number of halogens is 1. The van der Waals surface area contributed by atoms with Crippen LogP contribution in [-0.4, -0.2) is 32.7 Å². The van der Waals surface area contributed by atoms with Crippen LogP contribution in [0.1, 0.15) is 23.9 Å². The molecule has 9 nitrogen and oxygen atoms in total. The molecule has 0 unspecified atom stereocenters. The number of rotatable bonds is 6. The van der Waals surface area contributed by atoms with Crippen LogP contribution in [0.4, 0.5) is 11.4 Å². The summed E-state index contributed by atoms with van der Waals surface area (Å²) in [4.78, 5) is 34.8. The molecular weight excluding hydrogens is 376 g/mol. The molecule has 0 fully saturated rings. The highest BCUT2D eigenvalue weighted by Crippen LogP contribution is 2.23. The lowest BCUT2D eigenvalue weighted by atomic mass is 10.2. The van der Waals surface area contributed by atoms with Crippen LogP contribution in [-0.2, 0) is 20.9 Å². The van der Waals surface area contributed by atoms with Crippen LogP contribution >= 0.6 is 11.6 Å². The molecule has 27 heavy (non-hydrogen) atoms. The summed E-state index contributed by atoms with van der Waals surface area (Å²) in [6, 6.07) is 5.07. The minimum Gasteiger partial charge on any atom is -0.451 e. The maximum absolute atomic E-state index is 12.2. The molecule has 1 atom stereocenters. The van der Waals surface area contributed by atoms with Gasteiger partial charge >= 0.3 is 11.7 Å². The van der Waals surface area contributed by atoms with E-state index in [0.29, 0.717) is 16.3 Å². The minimum atomic E-state index is -1.07. The van der Waals surface area contributed by atoms with Gasteiger partial charge in [-0.25, -0.2) is 0 Å². The number of nitrogens with zero attached hydrogens (tertiary/aromatic N) is 3. The summed E-state index contributed by atoms with van der Waals surface area (Å²) in [5.74, 6) is -1.26. The molecule has 0 aliphatic carbocycles. The highest BCUT2D eigenvalue weighted by molar-refractivity contribution is 6.31. The van der Waals surface area contributed by atoms with Crippen LogP contribution in [0.5, 0.6) is 0 Å². The van der Waals surface area contributed by atoms with Gasteiger partial charge in [0.1, 0.15) is 17.9 Å². The van der Waals surface area contributed by atoms with Crippen LogP contribution in [0.2, 0.25) is 5.02 Å². The first-order valence-electron chi connectivity index (χ1n) is 8.05. The van der Waals surface area contributed by atoms with E-state index in [9.17, 15) is 19.7 Å². The van der Waals surface area contributed by atoms with Gasteiger partial charge in [0.05, 0.1) is 4.92 Å². The Balaban J connectivity index is 2.01. The first kappa shape index (κ1) is 20.4. The van der Waals surface area contributed by atoms with Gasteiger partial charge in [-0.15, -0.1) is 0 Å². The molecule has 0 spiro atoms. The van der Waals surface area contributed by atoms with Gasteiger partial charge in [0.25, 0.3) is 5.91 Å². The number of amides is 1. The average Bonchev–Trinajstić information content (AvgIpc) is 2.85. The molecule has 1 aromatic heterocycles. The molecule has 0 aliphatic heterocycles. The maximum Gasteiger partial charge on any atom is 0.328 e. The summed E-state index contributed by atoms with van der Waals surface area (Å²) in [6.45, 7) is 5.81. The largest absolute Gasteiger partial charge is 0.451 e. The van der Waals surface area contributed by atoms with Crippen molar-refractivity contribution in [2.75, 3.05) is 5.32 Å². The van der Waals surface area contributed by atoms with Crippen molar-refractivity contribution in [1.82, 2.24) is 9.78 Å². The van der Waals surface area contributed by atoms with Crippen LogP contribution in [0.3, 0.4) is 0 Å². The Kier molecular flexibility index (Phi) is 6.17. The third-order valence-corrected chi connectivity index (χ3v) is 4.42. The lowest BCUT2D eigenvalue weighted by Crippen LogP contribution is -2.31. The Bertz CT molecular complexity index is 909. The molecule has 2 rings (SSSR count). The van der Waals surface area contributed by atoms with Crippen molar-refractivity contribution in [3.63, 3.8) is 0 Å². The van der Waals surface area contributed by atoms with E-state index in [4.69, 9.17) is 16.3 Å². The van der Waals surface area contributed by atoms with Crippen molar-refractivity contribution in [1.29, 1.82) is 0 Å². The third-order valence-electron chi connectivity index (χ3n) is 4.01. The summed E-state index contributed by atoms with van der Waals surface area (Å²) in [7, 11) is 0. The summed E-state index contributed by atoms with van der Waals surface area (Å²) in [5, 5.41) is 18.1. The summed E-state index contributed by atoms with van der Waals surface area (Å²) in [5.41, 5.74) is 1.50. The molecular formula is C17H19ClN4O5. The van der Waals surface area contributed by atoms with Gasteiger partial charge in [0.15, 0.2) is 6.10 Å². The monoisotopic (exact) mass is 394 g/mol. The van der Waals surface area contributed by atoms with Gasteiger partial charge in [-0.2, -0.15) is 5.10 Å². The van der Waals surface area contributed by atoms with Gasteiger partial charge in [-0.05, 0) is 45.4 Å². The van der Waals surface area contributed by atoms with Crippen molar-refractivity contribution >= 4 is 34.9 Å². The maximum atomic E-state index is 12.2. The lowest BCUT2D eigenvalue weighted by molar-refractivity contribution is -0.386. The number of nitro groups is 1. The highest BCUT2D eigenvalue weighted by atomic mass is 35.5. The van der Waals surface area contributed by atoms with Gasteiger partial charge in [0.2, 0.25) is 0 Å².